The van der Waals surface area contributed by atoms with Crippen LogP contribution in [0.3, 0.4) is 0 Å². The van der Waals surface area contributed by atoms with Crippen LogP contribution in [-0.4, -0.2) is 11.5 Å². The number of hydrogen-bond donors (Lipinski definition) is 1. The minimum atomic E-state index is 0.515. The molecule has 0 spiro atoms. The highest BCUT2D eigenvalue weighted by Gasteiger charge is 2.16. The van der Waals surface area contributed by atoms with Gasteiger partial charge in [0, 0.05) is 17.6 Å². The first-order valence-electron chi connectivity index (χ1n) is 6.02. The van der Waals surface area contributed by atoms with Gasteiger partial charge in [-0.3, -0.25) is 4.98 Å². The second-order valence-corrected chi connectivity index (χ2v) is 4.42. The Kier molecular flexibility index (Phi) is 2.58. The number of piperidine rings is 1. The van der Waals surface area contributed by atoms with Crippen molar-refractivity contribution in [1.29, 1.82) is 0 Å². The molecule has 1 N–H and O–H groups in total. The maximum absolute atomic E-state index is 4.41. The molecule has 82 valence electrons. The standard InChI is InChI=1S/C14H16N2/c1-2-6-13-11(5-1)12(8-10-16-13)14-7-3-4-9-15-14/h1-2,5-6,8,10,14-15H,3-4,7,9H2. The van der Waals surface area contributed by atoms with Gasteiger partial charge in [-0.1, -0.05) is 24.6 Å². The van der Waals surface area contributed by atoms with Crippen LogP contribution in [0.25, 0.3) is 10.9 Å². The van der Waals surface area contributed by atoms with Gasteiger partial charge >= 0.3 is 0 Å². The van der Waals surface area contributed by atoms with Crippen molar-refractivity contribution in [2.45, 2.75) is 25.3 Å². The van der Waals surface area contributed by atoms with Gasteiger partial charge in [-0.15, -0.1) is 0 Å². The van der Waals surface area contributed by atoms with Crippen molar-refractivity contribution >= 4 is 10.9 Å². The SMILES string of the molecule is c1ccc2c(C3CCCCN3)ccnc2c1. The minimum absolute atomic E-state index is 0.515. The second-order valence-electron chi connectivity index (χ2n) is 4.42. The summed E-state index contributed by atoms with van der Waals surface area (Å²) in [5.41, 5.74) is 2.51. The zero-order chi connectivity index (χ0) is 10.8. The fraction of sp³-hybridized carbons (Fsp3) is 0.357. The second kappa shape index (κ2) is 4.22. The van der Waals surface area contributed by atoms with E-state index in [4.69, 9.17) is 0 Å². The van der Waals surface area contributed by atoms with E-state index in [0.717, 1.165) is 12.1 Å². The Morgan fingerprint density at radius 1 is 1.12 bits per heavy atom. The molecule has 1 atom stereocenters. The third-order valence-corrected chi connectivity index (χ3v) is 3.37. The molecule has 1 aliphatic heterocycles. The van der Waals surface area contributed by atoms with Crippen LogP contribution < -0.4 is 5.32 Å². The molecule has 2 aromatic rings. The highest BCUT2D eigenvalue weighted by molar-refractivity contribution is 5.82. The largest absolute Gasteiger partial charge is 0.310 e. The predicted octanol–water partition coefficient (Wildman–Crippen LogP) is 3.05. The Morgan fingerprint density at radius 3 is 2.94 bits per heavy atom. The normalized spacial score (nSPS) is 21.1. The maximum atomic E-state index is 4.41. The molecular formula is C14H16N2. The van der Waals surface area contributed by atoms with E-state index < -0.39 is 0 Å². The number of pyridine rings is 1. The number of rotatable bonds is 1. The minimum Gasteiger partial charge on any atom is -0.310 e. The number of nitrogens with one attached hydrogen (secondary N) is 1. The van der Waals surface area contributed by atoms with E-state index in [1.54, 1.807) is 0 Å². The fourth-order valence-corrected chi connectivity index (χ4v) is 2.54. The van der Waals surface area contributed by atoms with E-state index in [2.05, 4.69) is 34.6 Å². The zero-order valence-corrected chi connectivity index (χ0v) is 9.32. The molecule has 3 rings (SSSR count). The van der Waals surface area contributed by atoms with Crippen molar-refractivity contribution in [3.05, 3.63) is 42.1 Å². The van der Waals surface area contributed by atoms with Gasteiger partial charge in [0.15, 0.2) is 0 Å². The summed E-state index contributed by atoms with van der Waals surface area (Å²) in [6.07, 6.45) is 5.80. The molecular weight excluding hydrogens is 196 g/mol. The highest BCUT2D eigenvalue weighted by Crippen LogP contribution is 2.28. The molecule has 0 radical (unpaired) electrons. The van der Waals surface area contributed by atoms with Gasteiger partial charge in [0.1, 0.15) is 0 Å². The number of benzene rings is 1. The van der Waals surface area contributed by atoms with Gasteiger partial charge in [0.2, 0.25) is 0 Å². The number of aromatic nitrogens is 1. The molecule has 16 heavy (non-hydrogen) atoms. The summed E-state index contributed by atoms with van der Waals surface area (Å²) < 4.78 is 0. The number of nitrogens with zero attached hydrogens (tertiary/aromatic N) is 1. The molecule has 2 nitrogen and oxygen atoms in total. The molecule has 0 amide bonds. The number of fused-ring (bicyclic) bond motifs is 1. The van der Waals surface area contributed by atoms with E-state index in [1.807, 2.05) is 12.3 Å². The van der Waals surface area contributed by atoms with Gasteiger partial charge in [0.25, 0.3) is 0 Å². The Labute approximate surface area is 95.7 Å². The molecule has 0 bridgehead atoms. The monoisotopic (exact) mass is 212 g/mol. The maximum Gasteiger partial charge on any atom is 0.0705 e. The molecule has 1 unspecified atom stereocenters. The Balaban J connectivity index is 2.08. The van der Waals surface area contributed by atoms with Crippen molar-refractivity contribution in [3.8, 4) is 0 Å². The van der Waals surface area contributed by atoms with Crippen LogP contribution in [0.1, 0.15) is 30.9 Å². The van der Waals surface area contributed by atoms with Crippen molar-refractivity contribution in [1.82, 2.24) is 10.3 Å². The Morgan fingerprint density at radius 2 is 2.06 bits per heavy atom. The van der Waals surface area contributed by atoms with Gasteiger partial charge in [-0.05, 0) is 37.1 Å². The van der Waals surface area contributed by atoms with E-state index in [0.29, 0.717) is 6.04 Å². The van der Waals surface area contributed by atoms with Crippen LogP contribution in [-0.2, 0) is 0 Å². The summed E-state index contributed by atoms with van der Waals surface area (Å²) in [4.78, 5) is 4.41. The molecule has 0 aliphatic carbocycles. The average molecular weight is 212 g/mol. The Hall–Kier alpha value is -1.41. The van der Waals surface area contributed by atoms with Crippen LogP contribution in [0.2, 0.25) is 0 Å². The Bertz CT molecular complexity index is 482. The molecule has 0 saturated carbocycles. The van der Waals surface area contributed by atoms with Crippen molar-refractivity contribution < 1.29 is 0 Å². The first-order chi connectivity index (χ1) is 7.95. The van der Waals surface area contributed by atoms with E-state index in [-0.39, 0.29) is 0 Å². The number of hydrogen-bond acceptors (Lipinski definition) is 2. The van der Waals surface area contributed by atoms with Gasteiger partial charge < -0.3 is 5.32 Å². The predicted molar refractivity (Wildman–Crippen MR) is 66.3 cm³/mol. The topological polar surface area (TPSA) is 24.9 Å². The lowest BCUT2D eigenvalue weighted by atomic mass is 9.95. The zero-order valence-electron chi connectivity index (χ0n) is 9.32. The summed E-state index contributed by atoms with van der Waals surface area (Å²) in [6, 6.07) is 11.1. The molecule has 1 aromatic heterocycles. The van der Waals surface area contributed by atoms with Gasteiger partial charge in [-0.25, -0.2) is 0 Å². The van der Waals surface area contributed by atoms with Gasteiger partial charge in [-0.2, -0.15) is 0 Å². The summed E-state index contributed by atoms with van der Waals surface area (Å²) in [5, 5.41) is 4.90. The van der Waals surface area contributed by atoms with Crippen molar-refractivity contribution in [2.75, 3.05) is 6.54 Å². The van der Waals surface area contributed by atoms with E-state index >= 15 is 0 Å². The molecule has 2 heteroatoms. The fourth-order valence-electron chi connectivity index (χ4n) is 2.54. The third kappa shape index (κ3) is 1.69. The molecule has 2 heterocycles. The van der Waals surface area contributed by atoms with Crippen LogP contribution in [0.4, 0.5) is 0 Å². The summed E-state index contributed by atoms with van der Waals surface area (Å²) in [7, 11) is 0. The van der Waals surface area contributed by atoms with Crippen LogP contribution in [0.5, 0.6) is 0 Å². The van der Waals surface area contributed by atoms with Crippen molar-refractivity contribution in [3.63, 3.8) is 0 Å². The first-order valence-corrected chi connectivity index (χ1v) is 6.02. The average Bonchev–Trinajstić information content (AvgIpc) is 2.39. The molecule has 1 aliphatic rings. The smallest absolute Gasteiger partial charge is 0.0705 e. The molecule has 1 saturated heterocycles. The van der Waals surface area contributed by atoms with Crippen LogP contribution >= 0.6 is 0 Å². The lowest BCUT2D eigenvalue weighted by molar-refractivity contribution is 0.414. The summed E-state index contributed by atoms with van der Waals surface area (Å²) in [6.45, 7) is 1.14. The quantitative estimate of drug-likeness (QED) is 0.786. The summed E-state index contributed by atoms with van der Waals surface area (Å²) >= 11 is 0. The first kappa shape index (κ1) is 9.79. The lowest BCUT2D eigenvalue weighted by Crippen LogP contribution is -2.26. The molecule has 1 fully saturated rings. The van der Waals surface area contributed by atoms with Crippen LogP contribution in [0, 0.1) is 0 Å². The summed E-state index contributed by atoms with van der Waals surface area (Å²) in [5.74, 6) is 0. The highest BCUT2D eigenvalue weighted by atomic mass is 14.9. The lowest BCUT2D eigenvalue weighted by Gasteiger charge is -2.24. The number of para-hydroxylation sites is 1. The van der Waals surface area contributed by atoms with E-state index in [1.165, 1.54) is 30.2 Å². The van der Waals surface area contributed by atoms with Crippen LogP contribution in [0.15, 0.2) is 36.5 Å². The van der Waals surface area contributed by atoms with Crippen molar-refractivity contribution in [2.24, 2.45) is 0 Å². The molecule has 1 aromatic carbocycles. The van der Waals surface area contributed by atoms with E-state index in [9.17, 15) is 0 Å². The van der Waals surface area contributed by atoms with Gasteiger partial charge in [0.05, 0.1) is 5.52 Å². The third-order valence-electron chi connectivity index (χ3n) is 3.37.